The van der Waals surface area contributed by atoms with Crippen LogP contribution >= 0.6 is 0 Å². The number of ether oxygens (including phenoxy) is 1. The minimum atomic E-state index is -0.719. The Hall–Kier alpha value is -2.66. The van der Waals surface area contributed by atoms with E-state index < -0.39 is 12.0 Å². The number of isocyanates is 1. The van der Waals surface area contributed by atoms with Crippen molar-refractivity contribution in [2.45, 2.75) is 72.5 Å². The summed E-state index contributed by atoms with van der Waals surface area (Å²) >= 11 is 0. The van der Waals surface area contributed by atoms with E-state index in [0.717, 1.165) is 18.4 Å². The predicted molar refractivity (Wildman–Crippen MR) is 119 cm³/mol. The minimum absolute atomic E-state index is 0.00466. The first-order valence-corrected chi connectivity index (χ1v) is 10.9. The second-order valence-corrected chi connectivity index (χ2v) is 9.63. The van der Waals surface area contributed by atoms with Crippen molar-refractivity contribution in [3.05, 3.63) is 35.9 Å². The fraction of sp³-hybridized carbons (Fsp3) is 0.625. The van der Waals surface area contributed by atoms with Crippen molar-refractivity contribution in [1.82, 2.24) is 10.2 Å². The number of aliphatic imine (C=N–C) groups is 1. The molecule has 0 bridgehead atoms. The summed E-state index contributed by atoms with van der Waals surface area (Å²) < 4.78 is 5.15. The first kappa shape index (κ1) is 24.6. The van der Waals surface area contributed by atoms with Crippen LogP contribution in [0.4, 0.5) is 4.79 Å². The summed E-state index contributed by atoms with van der Waals surface area (Å²) in [5.41, 5.74) is 0.720. The van der Waals surface area contributed by atoms with Gasteiger partial charge in [0.05, 0.1) is 12.6 Å². The molecule has 2 rings (SSSR count). The van der Waals surface area contributed by atoms with Gasteiger partial charge in [-0.3, -0.25) is 0 Å². The Kier molecular flexibility index (Phi) is 8.40. The third-order valence-electron chi connectivity index (χ3n) is 5.88. The Labute approximate surface area is 185 Å². The minimum Gasteiger partial charge on any atom is -0.464 e. The summed E-state index contributed by atoms with van der Waals surface area (Å²) in [7, 11) is 0. The molecule has 0 spiro atoms. The molecule has 170 valence electrons. The van der Waals surface area contributed by atoms with E-state index in [0.29, 0.717) is 19.5 Å². The van der Waals surface area contributed by atoms with Crippen molar-refractivity contribution >= 4 is 18.1 Å². The maximum atomic E-state index is 13.2. The van der Waals surface area contributed by atoms with Gasteiger partial charge in [0.15, 0.2) is 0 Å². The lowest BCUT2D eigenvalue weighted by Gasteiger charge is -2.45. The zero-order valence-corrected chi connectivity index (χ0v) is 19.3. The third-order valence-corrected chi connectivity index (χ3v) is 5.88. The van der Waals surface area contributed by atoms with Gasteiger partial charge in [-0.2, -0.15) is 0 Å². The number of urea groups is 1. The maximum Gasteiger partial charge on any atom is 0.328 e. The van der Waals surface area contributed by atoms with Gasteiger partial charge in [-0.05, 0) is 49.5 Å². The molecule has 0 aromatic heterocycles. The molecule has 1 aromatic carbocycles. The first-order chi connectivity index (χ1) is 14.6. The molecule has 3 atom stereocenters. The third kappa shape index (κ3) is 7.21. The van der Waals surface area contributed by atoms with E-state index in [1.807, 2.05) is 30.3 Å². The zero-order chi connectivity index (χ0) is 23.1. The van der Waals surface area contributed by atoms with Crippen LogP contribution in [0.1, 0.15) is 59.4 Å². The SMILES string of the molecule is CCOC(=O)C(C)N(Cc1ccccc1)C(=O)NCC1(C)CC(N=C=O)CC(C)(C)C1. The summed E-state index contributed by atoms with van der Waals surface area (Å²) in [5.74, 6) is -0.432. The van der Waals surface area contributed by atoms with Crippen LogP contribution in [-0.4, -0.2) is 48.2 Å². The molecule has 1 fully saturated rings. The summed E-state index contributed by atoms with van der Waals surface area (Å²) in [4.78, 5) is 41.8. The normalized spacial score (nSPS) is 23.2. The number of amides is 2. The molecule has 1 aromatic rings. The molecule has 1 N–H and O–H groups in total. The van der Waals surface area contributed by atoms with Crippen LogP contribution in [0.15, 0.2) is 35.3 Å². The zero-order valence-electron chi connectivity index (χ0n) is 19.3. The topological polar surface area (TPSA) is 88.1 Å². The molecule has 0 saturated heterocycles. The highest BCUT2D eigenvalue weighted by molar-refractivity contribution is 5.83. The van der Waals surface area contributed by atoms with E-state index in [1.165, 1.54) is 4.90 Å². The van der Waals surface area contributed by atoms with Crippen LogP contribution in [0.2, 0.25) is 0 Å². The standard InChI is InChI=1S/C24H35N3O4/c1-6-31-21(29)18(2)27(14-19-10-8-7-9-11-19)22(30)25-16-24(5)13-20(26-17-28)12-23(3,4)15-24/h7-11,18,20H,6,12-16H2,1-5H3,(H,25,30). The lowest BCUT2D eigenvalue weighted by Crippen LogP contribution is -2.51. The number of hydrogen-bond donors (Lipinski definition) is 1. The van der Waals surface area contributed by atoms with Crippen molar-refractivity contribution in [1.29, 1.82) is 0 Å². The second-order valence-electron chi connectivity index (χ2n) is 9.63. The molecule has 0 radical (unpaired) electrons. The van der Waals surface area contributed by atoms with Crippen LogP contribution in [-0.2, 0) is 20.9 Å². The average Bonchev–Trinajstić information content (AvgIpc) is 2.69. The Morgan fingerprint density at radius 3 is 2.55 bits per heavy atom. The molecule has 31 heavy (non-hydrogen) atoms. The van der Waals surface area contributed by atoms with Gasteiger partial charge in [0, 0.05) is 13.1 Å². The predicted octanol–water partition coefficient (Wildman–Crippen LogP) is 4.07. The van der Waals surface area contributed by atoms with Crippen molar-refractivity contribution in [2.75, 3.05) is 13.2 Å². The number of nitrogens with one attached hydrogen (secondary N) is 1. The lowest BCUT2D eigenvalue weighted by atomic mass is 9.63. The summed E-state index contributed by atoms with van der Waals surface area (Å²) in [6.07, 6.45) is 4.12. The molecule has 7 nitrogen and oxygen atoms in total. The van der Waals surface area contributed by atoms with Crippen LogP contribution in [0.25, 0.3) is 0 Å². The number of esters is 1. The number of nitrogens with zero attached hydrogens (tertiary/aromatic N) is 2. The highest BCUT2D eigenvalue weighted by atomic mass is 16.5. The van der Waals surface area contributed by atoms with Crippen LogP contribution in [0.3, 0.4) is 0 Å². The Morgan fingerprint density at radius 2 is 1.94 bits per heavy atom. The molecule has 0 heterocycles. The summed E-state index contributed by atoms with van der Waals surface area (Å²) in [6.45, 7) is 10.8. The molecule has 3 unspecified atom stereocenters. The van der Waals surface area contributed by atoms with E-state index in [1.54, 1.807) is 19.9 Å². The van der Waals surface area contributed by atoms with Gasteiger partial charge in [-0.15, -0.1) is 0 Å². The van der Waals surface area contributed by atoms with Gasteiger partial charge >= 0.3 is 12.0 Å². The van der Waals surface area contributed by atoms with E-state index in [2.05, 4.69) is 31.1 Å². The van der Waals surface area contributed by atoms with Crippen molar-refractivity contribution in [3.8, 4) is 0 Å². The van der Waals surface area contributed by atoms with Gasteiger partial charge in [0.1, 0.15) is 6.04 Å². The quantitative estimate of drug-likeness (QED) is 0.383. The number of carbonyl (C=O) groups is 2. The molecule has 7 heteroatoms. The molecule has 1 saturated carbocycles. The van der Waals surface area contributed by atoms with E-state index in [9.17, 15) is 14.4 Å². The second kappa shape index (κ2) is 10.6. The van der Waals surface area contributed by atoms with E-state index in [4.69, 9.17) is 4.74 Å². The number of hydrogen-bond acceptors (Lipinski definition) is 5. The van der Waals surface area contributed by atoms with Crippen LogP contribution in [0, 0.1) is 10.8 Å². The lowest BCUT2D eigenvalue weighted by molar-refractivity contribution is -0.148. The Balaban J connectivity index is 2.14. The van der Waals surface area contributed by atoms with Crippen LogP contribution < -0.4 is 5.32 Å². The van der Waals surface area contributed by atoms with Crippen molar-refractivity contribution in [2.24, 2.45) is 15.8 Å². The van der Waals surface area contributed by atoms with Gasteiger partial charge in [-0.25, -0.2) is 19.4 Å². The van der Waals surface area contributed by atoms with Gasteiger partial charge < -0.3 is 15.0 Å². The Bertz CT molecular complexity index is 804. The van der Waals surface area contributed by atoms with Crippen molar-refractivity contribution in [3.63, 3.8) is 0 Å². The van der Waals surface area contributed by atoms with Crippen LogP contribution in [0.5, 0.6) is 0 Å². The monoisotopic (exact) mass is 429 g/mol. The fourth-order valence-electron chi connectivity index (χ4n) is 4.82. The average molecular weight is 430 g/mol. The largest absolute Gasteiger partial charge is 0.464 e. The smallest absolute Gasteiger partial charge is 0.328 e. The van der Waals surface area contributed by atoms with E-state index in [-0.39, 0.29) is 29.5 Å². The number of carbonyl (C=O) groups excluding carboxylic acids is 3. The van der Waals surface area contributed by atoms with Gasteiger partial charge in [-0.1, -0.05) is 51.1 Å². The van der Waals surface area contributed by atoms with E-state index >= 15 is 0 Å². The Morgan fingerprint density at radius 1 is 1.26 bits per heavy atom. The van der Waals surface area contributed by atoms with Gasteiger partial charge in [0.25, 0.3) is 0 Å². The highest BCUT2D eigenvalue weighted by Crippen LogP contribution is 2.46. The molecule has 1 aliphatic rings. The fourth-order valence-corrected chi connectivity index (χ4v) is 4.82. The maximum absolute atomic E-state index is 13.2. The molecule has 2 amide bonds. The number of rotatable bonds is 8. The molecular weight excluding hydrogens is 394 g/mol. The molecule has 0 aliphatic heterocycles. The molecule has 1 aliphatic carbocycles. The van der Waals surface area contributed by atoms with Gasteiger partial charge in [0.2, 0.25) is 6.08 Å². The highest BCUT2D eigenvalue weighted by Gasteiger charge is 2.42. The summed E-state index contributed by atoms with van der Waals surface area (Å²) in [5, 5.41) is 3.03. The summed E-state index contributed by atoms with van der Waals surface area (Å²) in [6, 6.07) is 8.43. The first-order valence-electron chi connectivity index (χ1n) is 10.9. The molecular formula is C24H35N3O4. The number of benzene rings is 1. The van der Waals surface area contributed by atoms with Crippen molar-refractivity contribution < 1.29 is 19.1 Å².